The van der Waals surface area contributed by atoms with Gasteiger partial charge >= 0.3 is 6.18 Å². The molecule has 0 bridgehead atoms. The summed E-state index contributed by atoms with van der Waals surface area (Å²) in [5.74, 6) is 0.323. The maximum absolute atomic E-state index is 12.4. The fourth-order valence-corrected chi connectivity index (χ4v) is 2.39. The van der Waals surface area contributed by atoms with Gasteiger partial charge in [0.15, 0.2) is 0 Å². The zero-order valence-electron chi connectivity index (χ0n) is 14.6. The van der Waals surface area contributed by atoms with E-state index in [1.165, 1.54) is 18.3 Å². The van der Waals surface area contributed by atoms with Crippen molar-refractivity contribution in [3.63, 3.8) is 0 Å². The van der Waals surface area contributed by atoms with Crippen molar-refractivity contribution in [1.29, 1.82) is 0 Å². The van der Waals surface area contributed by atoms with Gasteiger partial charge in [-0.05, 0) is 38.1 Å². The Hall–Kier alpha value is -2.77. The van der Waals surface area contributed by atoms with Crippen LogP contribution in [0.4, 0.5) is 30.4 Å². The number of hydrogen-bond acceptors (Lipinski definition) is 4. The van der Waals surface area contributed by atoms with E-state index in [2.05, 4.69) is 15.6 Å². The van der Waals surface area contributed by atoms with Crippen molar-refractivity contribution < 1.29 is 18.0 Å². The summed E-state index contributed by atoms with van der Waals surface area (Å²) in [5, 5.41) is 4.90. The van der Waals surface area contributed by atoms with Gasteiger partial charge in [-0.3, -0.25) is 4.79 Å². The van der Waals surface area contributed by atoms with Crippen LogP contribution in [0.15, 0.2) is 42.6 Å². The van der Waals surface area contributed by atoms with Crippen LogP contribution in [-0.2, 0) is 0 Å². The molecule has 0 radical (unpaired) electrons. The van der Waals surface area contributed by atoms with Crippen LogP contribution in [0.1, 0.15) is 24.2 Å². The first kappa shape index (κ1) is 19.6. The summed E-state index contributed by atoms with van der Waals surface area (Å²) in [5.41, 5.74) is 0.798. The van der Waals surface area contributed by atoms with Gasteiger partial charge in [-0.2, -0.15) is 13.2 Å². The monoisotopic (exact) mass is 366 g/mol. The van der Waals surface area contributed by atoms with E-state index in [-0.39, 0.29) is 11.4 Å². The minimum Gasteiger partial charge on any atom is -0.375 e. The van der Waals surface area contributed by atoms with Gasteiger partial charge in [-0.1, -0.05) is 12.1 Å². The molecule has 26 heavy (non-hydrogen) atoms. The zero-order chi connectivity index (χ0) is 19.2. The highest BCUT2D eigenvalue weighted by atomic mass is 19.4. The normalized spacial score (nSPS) is 11.1. The van der Waals surface area contributed by atoms with Crippen molar-refractivity contribution in [2.75, 3.05) is 35.2 Å². The minimum atomic E-state index is -4.35. The molecule has 2 aromatic rings. The molecule has 0 atom stereocenters. The van der Waals surface area contributed by atoms with E-state index in [4.69, 9.17) is 0 Å². The van der Waals surface area contributed by atoms with Crippen LogP contribution >= 0.6 is 0 Å². The van der Waals surface area contributed by atoms with Crippen molar-refractivity contribution in [2.24, 2.45) is 0 Å². The first-order valence-electron chi connectivity index (χ1n) is 8.26. The lowest BCUT2D eigenvalue weighted by Crippen LogP contribution is -2.23. The molecule has 1 aromatic heterocycles. The Labute approximate surface area is 150 Å². The van der Waals surface area contributed by atoms with Gasteiger partial charge in [-0.25, -0.2) is 4.98 Å². The standard InChI is InChI=1S/C18H21F3N4O/c1-3-25(4-2)16-10-9-13(11-22-16)17(26)24-15-8-6-5-7-14(15)23-12-18(19,20)21/h5-11,23H,3-4,12H2,1-2H3,(H,24,26). The number of halogens is 3. The number of nitrogens with zero attached hydrogens (tertiary/aromatic N) is 2. The third-order valence-electron chi connectivity index (χ3n) is 3.75. The summed E-state index contributed by atoms with van der Waals surface area (Å²) in [6.45, 7) is 4.44. The highest BCUT2D eigenvalue weighted by Gasteiger charge is 2.27. The first-order valence-corrected chi connectivity index (χ1v) is 8.26. The summed E-state index contributed by atoms with van der Waals surface area (Å²) in [4.78, 5) is 18.7. The second-order valence-corrected chi connectivity index (χ2v) is 5.55. The van der Waals surface area contributed by atoms with E-state index < -0.39 is 18.6 Å². The molecule has 0 aliphatic carbocycles. The molecule has 0 spiro atoms. The molecule has 2 rings (SSSR count). The van der Waals surface area contributed by atoms with Gasteiger partial charge in [0.2, 0.25) is 0 Å². The SMILES string of the molecule is CCN(CC)c1ccc(C(=O)Nc2ccccc2NCC(F)(F)F)cn1. The fourth-order valence-electron chi connectivity index (χ4n) is 2.39. The van der Waals surface area contributed by atoms with Gasteiger partial charge in [0.25, 0.3) is 5.91 Å². The van der Waals surface area contributed by atoms with E-state index >= 15 is 0 Å². The maximum atomic E-state index is 12.4. The molecule has 0 saturated carbocycles. The number of aromatic nitrogens is 1. The number of benzene rings is 1. The molecule has 0 unspecified atom stereocenters. The molecule has 0 saturated heterocycles. The number of para-hydroxylation sites is 2. The third kappa shape index (κ3) is 5.37. The van der Waals surface area contributed by atoms with Crippen LogP contribution in [0.2, 0.25) is 0 Å². The van der Waals surface area contributed by atoms with Gasteiger partial charge in [0, 0.05) is 19.3 Å². The molecule has 140 valence electrons. The lowest BCUT2D eigenvalue weighted by molar-refractivity contribution is -0.115. The Balaban J connectivity index is 2.10. The number of carbonyl (C=O) groups is 1. The second-order valence-electron chi connectivity index (χ2n) is 5.55. The molecular weight excluding hydrogens is 345 g/mol. The van der Waals surface area contributed by atoms with E-state index in [0.717, 1.165) is 18.9 Å². The van der Waals surface area contributed by atoms with E-state index in [1.54, 1.807) is 24.3 Å². The molecule has 1 amide bonds. The van der Waals surface area contributed by atoms with Gasteiger partial charge in [0.1, 0.15) is 12.4 Å². The van der Waals surface area contributed by atoms with Crippen LogP contribution in [-0.4, -0.2) is 36.7 Å². The zero-order valence-corrected chi connectivity index (χ0v) is 14.6. The number of amides is 1. The van der Waals surface area contributed by atoms with E-state index in [1.807, 2.05) is 18.7 Å². The lowest BCUT2D eigenvalue weighted by Gasteiger charge is -2.19. The third-order valence-corrected chi connectivity index (χ3v) is 3.75. The molecule has 8 heteroatoms. The molecule has 2 N–H and O–H groups in total. The Morgan fingerprint density at radius 2 is 1.73 bits per heavy atom. The van der Waals surface area contributed by atoms with Gasteiger partial charge in [0.05, 0.1) is 16.9 Å². The van der Waals surface area contributed by atoms with Crippen LogP contribution in [0.5, 0.6) is 0 Å². The average Bonchev–Trinajstić information content (AvgIpc) is 2.62. The van der Waals surface area contributed by atoms with Crippen molar-refractivity contribution in [3.05, 3.63) is 48.2 Å². The molecule has 1 aromatic carbocycles. The number of hydrogen-bond donors (Lipinski definition) is 2. The molecule has 0 aliphatic heterocycles. The molecule has 0 fully saturated rings. The van der Waals surface area contributed by atoms with Crippen LogP contribution in [0.25, 0.3) is 0 Å². The largest absolute Gasteiger partial charge is 0.405 e. The summed E-state index contributed by atoms with van der Waals surface area (Å²) in [7, 11) is 0. The van der Waals surface area contributed by atoms with Gasteiger partial charge in [-0.15, -0.1) is 0 Å². The molecule has 5 nitrogen and oxygen atoms in total. The average molecular weight is 366 g/mol. The number of rotatable bonds is 7. The molecular formula is C18H21F3N4O. The summed E-state index contributed by atoms with van der Waals surface area (Å²) < 4.78 is 37.2. The number of anilines is 3. The Kier molecular flexibility index (Phi) is 6.43. The summed E-state index contributed by atoms with van der Waals surface area (Å²) in [6.07, 6.45) is -2.89. The van der Waals surface area contributed by atoms with Crippen molar-refractivity contribution in [1.82, 2.24) is 4.98 Å². The topological polar surface area (TPSA) is 57.3 Å². The van der Waals surface area contributed by atoms with Gasteiger partial charge < -0.3 is 15.5 Å². The van der Waals surface area contributed by atoms with Crippen molar-refractivity contribution >= 4 is 23.1 Å². The van der Waals surface area contributed by atoms with Crippen molar-refractivity contribution in [3.8, 4) is 0 Å². The molecule has 1 heterocycles. The Morgan fingerprint density at radius 3 is 2.27 bits per heavy atom. The summed E-state index contributed by atoms with van der Waals surface area (Å²) in [6, 6.07) is 9.62. The lowest BCUT2D eigenvalue weighted by atomic mass is 10.2. The first-order chi connectivity index (χ1) is 12.3. The van der Waals surface area contributed by atoms with Crippen molar-refractivity contribution in [2.45, 2.75) is 20.0 Å². The fraction of sp³-hybridized carbons (Fsp3) is 0.333. The van der Waals surface area contributed by atoms with E-state index in [0.29, 0.717) is 5.56 Å². The summed E-state index contributed by atoms with van der Waals surface area (Å²) >= 11 is 0. The number of carbonyl (C=O) groups excluding carboxylic acids is 1. The Morgan fingerprint density at radius 1 is 1.08 bits per heavy atom. The molecule has 0 aliphatic rings. The number of nitrogens with one attached hydrogen (secondary N) is 2. The minimum absolute atomic E-state index is 0.200. The smallest absolute Gasteiger partial charge is 0.375 e. The predicted molar refractivity (Wildman–Crippen MR) is 96.7 cm³/mol. The number of pyridine rings is 1. The van der Waals surface area contributed by atoms with E-state index in [9.17, 15) is 18.0 Å². The predicted octanol–water partition coefficient (Wildman–Crippen LogP) is 4.15. The Bertz CT molecular complexity index is 728. The highest BCUT2D eigenvalue weighted by molar-refractivity contribution is 6.05. The quantitative estimate of drug-likeness (QED) is 0.773. The van der Waals surface area contributed by atoms with Crippen LogP contribution < -0.4 is 15.5 Å². The van der Waals surface area contributed by atoms with Crippen LogP contribution in [0.3, 0.4) is 0 Å². The number of alkyl halides is 3. The second kappa shape index (κ2) is 8.55. The van der Waals surface area contributed by atoms with Crippen LogP contribution in [0, 0.1) is 0 Å². The maximum Gasteiger partial charge on any atom is 0.405 e. The highest BCUT2D eigenvalue weighted by Crippen LogP contribution is 2.24.